The van der Waals surface area contributed by atoms with Crippen molar-refractivity contribution in [1.82, 2.24) is 5.32 Å². The Balaban J connectivity index is 1.75. The number of Topliss-reactive ketones (excluding diaryl/α,β-unsaturated/α-hetero) is 1. The highest BCUT2D eigenvalue weighted by atomic mass is 16.2. The average molecular weight is 336 g/mol. The number of anilines is 1. The van der Waals surface area contributed by atoms with E-state index in [0.29, 0.717) is 11.3 Å². The Morgan fingerprint density at radius 2 is 1.76 bits per heavy atom. The van der Waals surface area contributed by atoms with Crippen LogP contribution in [0.2, 0.25) is 0 Å². The maximum absolute atomic E-state index is 11.9. The van der Waals surface area contributed by atoms with Crippen molar-refractivity contribution >= 4 is 29.4 Å². The number of nitrogens with one attached hydrogen (secondary N) is 2. The first kappa shape index (κ1) is 18.1. The van der Waals surface area contributed by atoms with Gasteiger partial charge in [-0.1, -0.05) is 42.5 Å². The molecular weight excluding hydrogens is 316 g/mol. The molecule has 0 aromatic heterocycles. The van der Waals surface area contributed by atoms with Crippen LogP contribution in [0.15, 0.2) is 60.7 Å². The molecule has 2 amide bonds. The lowest BCUT2D eigenvalue weighted by Crippen LogP contribution is -2.26. The van der Waals surface area contributed by atoms with Crippen molar-refractivity contribution in [2.45, 2.75) is 13.3 Å². The summed E-state index contributed by atoms with van der Waals surface area (Å²) in [6, 6.07) is 16.2. The van der Waals surface area contributed by atoms with Crippen LogP contribution in [0.4, 0.5) is 5.69 Å². The summed E-state index contributed by atoms with van der Waals surface area (Å²) < 4.78 is 0. The monoisotopic (exact) mass is 336 g/mol. The summed E-state index contributed by atoms with van der Waals surface area (Å²) in [6.45, 7) is 1.70. The Hall–Kier alpha value is -3.21. The molecule has 25 heavy (non-hydrogen) atoms. The number of hydrogen-bond acceptors (Lipinski definition) is 3. The molecule has 2 rings (SSSR count). The molecule has 0 aliphatic heterocycles. The SMILES string of the molecule is CC(=O)c1cccc(NC(=O)CCNC(=O)/C=C/c2ccccc2)c1. The van der Waals surface area contributed by atoms with Gasteiger partial charge >= 0.3 is 0 Å². The van der Waals surface area contributed by atoms with Gasteiger partial charge < -0.3 is 10.6 Å². The Bertz CT molecular complexity index is 783. The minimum Gasteiger partial charge on any atom is -0.352 e. The van der Waals surface area contributed by atoms with Gasteiger partial charge in [0.15, 0.2) is 5.78 Å². The first-order chi connectivity index (χ1) is 12.0. The van der Waals surface area contributed by atoms with Crippen LogP contribution >= 0.6 is 0 Å². The zero-order chi connectivity index (χ0) is 18.1. The largest absolute Gasteiger partial charge is 0.352 e. The van der Waals surface area contributed by atoms with Gasteiger partial charge in [0.05, 0.1) is 0 Å². The molecule has 128 valence electrons. The van der Waals surface area contributed by atoms with Gasteiger partial charge in [-0.3, -0.25) is 14.4 Å². The predicted molar refractivity (Wildman–Crippen MR) is 98.2 cm³/mol. The van der Waals surface area contributed by atoms with Crippen molar-refractivity contribution < 1.29 is 14.4 Å². The van der Waals surface area contributed by atoms with E-state index in [2.05, 4.69) is 10.6 Å². The van der Waals surface area contributed by atoms with Crippen LogP contribution in [0.1, 0.15) is 29.3 Å². The van der Waals surface area contributed by atoms with Crippen molar-refractivity contribution in [1.29, 1.82) is 0 Å². The molecule has 0 atom stereocenters. The van der Waals surface area contributed by atoms with Gasteiger partial charge in [-0.2, -0.15) is 0 Å². The van der Waals surface area contributed by atoms with E-state index < -0.39 is 0 Å². The summed E-state index contributed by atoms with van der Waals surface area (Å²) >= 11 is 0. The van der Waals surface area contributed by atoms with E-state index in [1.807, 2.05) is 30.3 Å². The maximum Gasteiger partial charge on any atom is 0.244 e. The van der Waals surface area contributed by atoms with E-state index >= 15 is 0 Å². The van der Waals surface area contributed by atoms with Gasteiger partial charge in [-0.25, -0.2) is 0 Å². The molecule has 0 saturated carbocycles. The van der Waals surface area contributed by atoms with Crippen LogP contribution in [-0.2, 0) is 9.59 Å². The third-order valence-corrected chi connectivity index (χ3v) is 3.43. The average Bonchev–Trinajstić information content (AvgIpc) is 2.61. The Morgan fingerprint density at radius 3 is 2.48 bits per heavy atom. The molecule has 0 aliphatic carbocycles. The molecule has 0 saturated heterocycles. The molecule has 5 nitrogen and oxygen atoms in total. The minimum absolute atomic E-state index is 0.0615. The first-order valence-electron chi connectivity index (χ1n) is 7.96. The summed E-state index contributed by atoms with van der Waals surface area (Å²) in [5.74, 6) is -0.545. The second-order valence-corrected chi connectivity index (χ2v) is 5.47. The van der Waals surface area contributed by atoms with Gasteiger partial charge in [0, 0.05) is 30.3 Å². The molecule has 0 heterocycles. The standard InChI is InChI=1S/C20H20N2O3/c1-15(23)17-8-5-9-18(14-17)22-20(25)12-13-21-19(24)11-10-16-6-3-2-4-7-16/h2-11,14H,12-13H2,1H3,(H,21,24)(H,22,25)/b11-10+. The van der Waals surface area contributed by atoms with Gasteiger partial charge in [0.1, 0.15) is 0 Å². The Morgan fingerprint density at radius 1 is 1.00 bits per heavy atom. The van der Waals surface area contributed by atoms with E-state index in [-0.39, 0.29) is 30.6 Å². The molecule has 2 N–H and O–H groups in total. The molecule has 2 aromatic rings. The van der Waals surface area contributed by atoms with Crippen LogP contribution in [0.25, 0.3) is 6.08 Å². The van der Waals surface area contributed by atoms with E-state index in [1.54, 1.807) is 30.3 Å². The van der Waals surface area contributed by atoms with Crippen LogP contribution in [0.5, 0.6) is 0 Å². The third-order valence-electron chi connectivity index (χ3n) is 3.43. The van der Waals surface area contributed by atoms with Crippen LogP contribution in [0, 0.1) is 0 Å². The number of carbonyl (C=O) groups is 3. The number of benzene rings is 2. The lowest BCUT2D eigenvalue weighted by Gasteiger charge is -2.06. The number of hydrogen-bond donors (Lipinski definition) is 2. The molecule has 5 heteroatoms. The van der Waals surface area contributed by atoms with Crippen molar-refractivity contribution in [3.05, 3.63) is 71.8 Å². The fourth-order valence-corrected chi connectivity index (χ4v) is 2.13. The highest BCUT2D eigenvalue weighted by Crippen LogP contribution is 2.11. The summed E-state index contributed by atoms with van der Waals surface area (Å²) in [4.78, 5) is 34.9. The number of amides is 2. The fraction of sp³-hybridized carbons (Fsp3) is 0.150. The van der Waals surface area contributed by atoms with E-state index in [0.717, 1.165) is 5.56 Å². The van der Waals surface area contributed by atoms with Gasteiger partial charge in [-0.05, 0) is 30.7 Å². The van der Waals surface area contributed by atoms with Gasteiger partial charge in [-0.15, -0.1) is 0 Å². The summed E-state index contributed by atoms with van der Waals surface area (Å²) in [7, 11) is 0. The lowest BCUT2D eigenvalue weighted by molar-refractivity contribution is -0.117. The molecule has 0 radical (unpaired) electrons. The number of rotatable bonds is 7. The summed E-state index contributed by atoms with van der Waals surface area (Å²) in [6.07, 6.45) is 3.29. The molecule has 0 unspecified atom stereocenters. The van der Waals surface area contributed by atoms with Crippen LogP contribution in [-0.4, -0.2) is 24.1 Å². The first-order valence-corrected chi connectivity index (χ1v) is 7.96. The van der Waals surface area contributed by atoms with Crippen molar-refractivity contribution in [2.24, 2.45) is 0 Å². The van der Waals surface area contributed by atoms with E-state index in [9.17, 15) is 14.4 Å². The highest BCUT2D eigenvalue weighted by molar-refractivity contribution is 5.97. The van der Waals surface area contributed by atoms with Crippen LogP contribution < -0.4 is 10.6 Å². The Kier molecular flexibility index (Phi) is 6.65. The van der Waals surface area contributed by atoms with Crippen molar-refractivity contribution in [2.75, 3.05) is 11.9 Å². The summed E-state index contributed by atoms with van der Waals surface area (Å²) in [5, 5.41) is 5.37. The zero-order valence-corrected chi connectivity index (χ0v) is 14.0. The lowest BCUT2D eigenvalue weighted by atomic mass is 10.1. The molecule has 0 spiro atoms. The third kappa shape index (κ3) is 6.43. The molecular formula is C20H20N2O3. The topological polar surface area (TPSA) is 75.3 Å². The number of ketones is 1. The second kappa shape index (κ2) is 9.17. The molecule has 2 aromatic carbocycles. The highest BCUT2D eigenvalue weighted by Gasteiger charge is 2.05. The van der Waals surface area contributed by atoms with E-state index in [1.165, 1.54) is 13.0 Å². The Labute approximate surface area is 146 Å². The van der Waals surface area contributed by atoms with E-state index in [4.69, 9.17) is 0 Å². The predicted octanol–water partition coefficient (Wildman–Crippen LogP) is 3.05. The minimum atomic E-state index is -0.254. The smallest absolute Gasteiger partial charge is 0.244 e. The molecule has 0 bridgehead atoms. The normalized spacial score (nSPS) is 10.4. The second-order valence-electron chi connectivity index (χ2n) is 5.47. The maximum atomic E-state index is 11.9. The van der Waals surface area contributed by atoms with Crippen LogP contribution in [0.3, 0.4) is 0 Å². The van der Waals surface area contributed by atoms with Gasteiger partial charge in [0.25, 0.3) is 0 Å². The fourth-order valence-electron chi connectivity index (χ4n) is 2.13. The summed E-state index contributed by atoms with van der Waals surface area (Å²) in [5.41, 5.74) is 2.03. The quantitative estimate of drug-likeness (QED) is 0.603. The molecule has 0 fully saturated rings. The molecule has 0 aliphatic rings. The number of carbonyl (C=O) groups excluding carboxylic acids is 3. The van der Waals surface area contributed by atoms with Gasteiger partial charge in [0.2, 0.25) is 11.8 Å². The zero-order valence-electron chi connectivity index (χ0n) is 14.0. The van der Waals surface area contributed by atoms with Crippen molar-refractivity contribution in [3.63, 3.8) is 0 Å². The van der Waals surface area contributed by atoms with Crippen molar-refractivity contribution in [3.8, 4) is 0 Å².